The first-order valence-electron chi connectivity index (χ1n) is 11.5. The van der Waals surface area contributed by atoms with Crippen molar-refractivity contribution in [3.8, 4) is 0 Å². The molecule has 8 nitrogen and oxygen atoms in total. The lowest BCUT2D eigenvalue weighted by molar-refractivity contribution is -0.385. The van der Waals surface area contributed by atoms with Crippen molar-refractivity contribution in [1.82, 2.24) is 9.47 Å². The molecule has 0 saturated carbocycles. The summed E-state index contributed by atoms with van der Waals surface area (Å²) < 4.78 is 15.0. The fourth-order valence-corrected chi connectivity index (χ4v) is 5.35. The Bertz CT molecular complexity index is 1480. The van der Waals surface area contributed by atoms with Crippen molar-refractivity contribution in [2.24, 2.45) is 0 Å². The van der Waals surface area contributed by atoms with E-state index in [-0.39, 0.29) is 18.1 Å². The van der Waals surface area contributed by atoms with Crippen molar-refractivity contribution >= 4 is 39.5 Å². The van der Waals surface area contributed by atoms with E-state index in [1.807, 2.05) is 41.8 Å². The molecule has 1 aliphatic heterocycles. The summed E-state index contributed by atoms with van der Waals surface area (Å²) in [5, 5.41) is 14.5. The molecule has 36 heavy (non-hydrogen) atoms. The number of hydrogen-bond donors (Lipinski definition) is 0. The number of carbonyl (C=O) groups is 1. The number of alkyl halides is 1. The molecule has 0 spiro atoms. The third kappa shape index (κ3) is 4.35. The Balaban J connectivity index is 1.59. The molecule has 2 aromatic carbocycles. The number of benzene rings is 2. The Kier molecular flexibility index (Phi) is 6.51. The summed E-state index contributed by atoms with van der Waals surface area (Å²) in [6, 6.07) is 17.6. The number of nitro groups is 1. The second kappa shape index (κ2) is 9.90. The summed E-state index contributed by atoms with van der Waals surface area (Å²) in [6.07, 6.45) is 0. The van der Waals surface area contributed by atoms with Gasteiger partial charge in [0.1, 0.15) is 12.4 Å². The van der Waals surface area contributed by atoms with Gasteiger partial charge in [-0.2, -0.15) is 0 Å². The molecular formula is C26H23FN4O4S. The van der Waals surface area contributed by atoms with Crippen molar-refractivity contribution in [3.63, 3.8) is 0 Å². The summed E-state index contributed by atoms with van der Waals surface area (Å²) in [5.74, 6) is -0.0815. The van der Waals surface area contributed by atoms with E-state index in [1.54, 1.807) is 34.1 Å². The van der Waals surface area contributed by atoms with Crippen LogP contribution in [-0.2, 0) is 13.2 Å². The van der Waals surface area contributed by atoms with Gasteiger partial charge in [-0.15, -0.1) is 11.3 Å². The van der Waals surface area contributed by atoms with Crippen LogP contribution in [0.1, 0.15) is 20.8 Å². The van der Waals surface area contributed by atoms with E-state index in [9.17, 15) is 24.1 Å². The van der Waals surface area contributed by atoms with E-state index < -0.39 is 22.8 Å². The highest BCUT2D eigenvalue weighted by Crippen LogP contribution is 2.35. The minimum Gasteiger partial charge on any atom is -0.362 e. The summed E-state index contributed by atoms with van der Waals surface area (Å²) in [7, 11) is 0. The van der Waals surface area contributed by atoms with Gasteiger partial charge in [0, 0.05) is 31.6 Å². The zero-order valence-corrected chi connectivity index (χ0v) is 20.1. The molecule has 4 aromatic rings. The molecule has 0 radical (unpaired) electrons. The molecular weight excluding hydrogens is 483 g/mol. The minimum absolute atomic E-state index is 0.0815. The van der Waals surface area contributed by atoms with E-state index in [0.717, 1.165) is 5.56 Å². The van der Waals surface area contributed by atoms with Crippen LogP contribution in [0, 0.1) is 10.1 Å². The molecule has 2 aromatic heterocycles. The summed E-state index contributed by atoms with van der Waals surface area (Å²) in [6.45, 7) is 0.750. The number of piperazine rings is 1. The van der Waals surface area contributed by atoms with Gasteiger partial charge in [0.05, 0.1) is 21.9 Å². The Hall–Kier alpha value is -4.05. The monoisotopic (exact) mass is 506 g/mol. The molecule has 0 atom stereocenters. The maximum Gasteiger partial charge on any atom is 0.357 e. The van der Waals surface area contributed by atoms with Crippen LogP contribution < -0.4 is 10.5 Å². The van der Waals surface area contributed by atoms with E-state index in [1.165, 1.54) is 15.9 Å². The van der Waals surface area contributed by atoms with Crippen molar-refractivity contribution in [3.05, 3.63) is 103 Å². The maximum atomic E-state index is 13.6. The molecule has 3 heterocycles. The molecule has 0 unspecified atom stereocenters. The lowest BCUT2D eigenvalue weighted by atomic mass is 10.1. The number of halogens is 1. The van der Waals surface area contributed by atoms with Crippen molar-refractivity contribution in [1.29, 1.82) is 0 Å². The lowest BCUT2D eigenvalue weighted by Gasteiger charge is -2.36. The smallest absolute Gasteiger partial charge is 0.357 e. The molecule has 1 saturated heterocycles. The highest BCUT2D eigenvalue weighted by molar-refractivity contribution is 7.12. The van der Waals surface area contributed by atoms with Crippen LogP contribution in [0.15, 0.2) is 70.8 Å². The fraction of sp³-hybridized carbons (Fsp3) is 0.231. The van der Waals surface area contributed by atoms with Crippen LogP contribution in [0.2, 0.25) is 0 Å². The first-order valence-corrected chi connectivity index (χ1v) is 12.4. The van der Waals surface area contributed by atoms with Crippen LogP contribution >= 0.6 is 11.3 Å². The first-order chi connectivity index (χ1) is 17.5. The number of rotatable bonds is 6. The largest absolute Gasteiger partial charge is 0.362 e. The van der Waals surface area contributed by atoms with E-state index in [4.69, 9.17) is 0 Å². The predicted octanol–water partition coefficient (Wildman–Crippen LogP) is 4.45. The molecule has 5 rings (SSSR count). The van der Waals surface area contributed by atoms with E-state index >= 15 is 0 Å². The minimum atomic E-state index is -0.732. The summed E-state index contributed by atoms with van der Waals surface area (Å²) in [4.78, 5) is 42.0. The van der Waals surface area contributed by atoms with E-state index in [0.29, 0.717) is 47.5 Å². The van der Waals surface area contributed by atoms with Gasteiger partial charge in [0.2, 0.25) is 0 Å². The highest BCUT2D eigenvalue weighted by Gasteiger charge is 2.32. The van der Waals surface area contributed by atoms with Gasteiger partial charge in [-0.1, -0.05) is 42.5 Å². The van der Waals surface area contributed by atoms with Gasteiger partial charge in [0.25, 0.3) is 5.91 Å². The molecule has 10 heteroatoms. The van der Waals surface area contributed by atoms with Gasteiger partial charge in [-0.05, 0) is 34.7 Å². The number of anilines is 1. The Labute approximate surface area is 210 Å². The predicted molar refractivity (Wildman–Crippen MR) is 138 cm³/mol. The number of carbonyl (C=O) groups excluding carboxylic acids is 1. The average molecular weight is 507 g/mol. The molecule has 1 fully saturated rings. The summed E-state index contributed by atoms with van der Waals surface area (Å²) >= 11 is 1.36. The van der Waals surface area contributed by atoms with Crippen LogP contribution in [0.4, 0.5) is 15.8 Å². The zero-order chi connectivity index (χ0) is 25.2. The number of aromatic nitrogens is 1. The third-order valence-corrected chi connectivity index (χ3v) is 7.27. The molecule has 184 valence electrons. The first kappa shape index (κ1) is 23.7. The van der Waals surface area contributed by atoms with Crippen LogP contribution in [0.5, 0.6) is 0 Å². The third-order valence-electron chi connectivity index (χ3n) is 6.41. The molecule has 1 aliphatic rings. The number of hydrogen-bond acceptors (Lipinski definition) is 6. The van der Waals surface area contributed by atoms with Crippen LogP contribution in [-0.4, -0.2) is 46.5 Å². The molecule has 0 aliphatic carbocycles. The highest BCUT2D eigenvalue weighted by atomic mass is 32.1. The normalized spacial score (nSPS) is 13.8. The fourth-order valence-electron chi connectivity index (χ4n) is 4.65. The number of thiophene rings is 1. The molecule has 1 amide bonds. The number of nitrogens with zero attached hydrogens (tertiary/aromatic N) is 4. The SMILES string of the molecule is O=C(c1cccs1)N1CCN(c2c([N+](=O)[O-])c(=O)n(Cc3ccccc3)c3ccc(CF)cc23)CC1. The molecule has 0 N–H and O–H groups in total. The Morgan fingerprint density at radius 2 is 1.75 bits per heavy atom. The van der Waals surface area contributed by atoms with Crippen molar-refractivity contribution in [2.45, 2.75) is 13.2 Å². The topological polar surface area (TPSA) is 88.7 Å². The van der Waals surface area contributed by atoms with Gasteiger partial charge < -0.3 is 9.80 Å². The average Bonchev–Trinajstić information content (AvgIpc) is 3.45. The second-order valence-electron chi connectivity index (χ2n) is 8.57. The maximum absolute atomic E-state index is 13.6. The van der Waals surface area contributed by atoms with Gasteiger partial charge in [-0.3, -0.25) is 24.3 Å². The van der Waals surface area contributed by atoms with Gasteiger partial charge >= 0.3 is 11.2 Å². The Morgan fingerprint density at radius 3 is 2.39 bits per heavy atom. The quantitative estimate of drug-likeness (QED) is 0.285. The second-order valence-corrected chi connectivity index (χ2v) is 9.52. The van der Waals surface area contributed by atoms with Gasteiger partial charge in [0.15, 0.2) is 0 Å². The van der Waals surface area contributed by atoms with Crippen molar-refractivity contribution in [2.75, 3.05) is 31.1 Å². The standard InChI is InChI=1S/C26H23FN4O4S/c27-16-19-8-9-21-20(15-19)23(28-10-12-29(13-11-28)25(32)22-7-4-14-36-22)24(31(34)35)26(33)30(21)17-18-5-2-1-3-6-18/h1-9,14-15H,10-13,16-17H2. The number of fused-ring (bicyclic) bond motifs is 1. The van der Waals surface area contributed by atoms with E-state index in [2.05, 4.69) is 0 Å². The lowest BCUT2D eigenvalue weighted by Crippen LogP contribution is -2.49. The number of amides is 1. The number of pyridine rings is 1. The van der Waals surface area contributed by atoms with Crippen molar-refractivity contribution < 1.29 is 14.1 Å². The van der Waals surface area contributed by atoms with Crippen LogP contribution in [0.3, 0.4) is 0 Å². The van der Waals surface area contributed by atoms with Gasteiger partial charge in [-0.25, -0.2) is 4.39 Å². The van der Waals surface area contributed by atoms with Crippen LogP contribution in [0.25, 0.3) is 10.9 Å². The molecule has 0 bridgehead atoms. The Morgan fingerprint density at radius 1 is 1.00 bits per heavy atom. The summed E-state index contributed by atoms with van der Waals surface area (Å²) in [5.41, 5.74) is 0.623. The zero-order valence-electron chi connectivity index (χ0n) is 19.3.